The molecule has 12 atom stereocenters. The number of esters is 1. The fraction of sp³-hybridized carbons (Fsp3) is 0.891. The number of unbranched alkanes of at least 4 members (excludes halogenated alkanes) is 7. The molecule has 0 aromatic rings. The maximum Gasteiger partial charge on any atom is 0.306 e. The minimum absolute atomic E-state index is 0.0588. The van der Waals surface area contributed by atoms with Gasteiger partial charge in [0.15, 0.2) is 0 Å². The Kier molecular flexibility index (Phi) is 12.5. The molecule has 2 heteroatoms. The van der Waals surface area contributed by atoms with Crippen LogP contribution in [0.3, 0.4) is 0 Å². The molecule has 12 unspecified atom stereocenters. The van der Waals surface area contributed by atoms with E-state index in [1.165, 1.54) is 122 Å². The first kappa shape index (κ1) is 36.6. The second kappa shape index (κ2) is 16.4. The zero-order valence-corrected chi connectivity index (χ0v) is 31.9. The first-order valence-electron chi connectivity index (χ1n) is 21.7. The van der Waals surface area contributed by atoms with Crippen molar-refractivity contribution in [3.63, 3.8) is 0 Å². The number of hydrogen-bond donors (Lipinski definition) is 0. The summed E-state index contributed by atoms with van der Waals surface area (Å²) in [6.07, 6.45) is 41.2. The van der Waals surface area contributed by atoms with E-state index in [2.05, 4.69) is 39.7 Å². The van der Waals surface area contributed by atoms with E-state index in [9.17, 15) is 4.79 Å². The number of fused-ring (bicyclic) bond motifs is 5. The predicted octanol–water partition coefficient (Wildman–Crippen LogP) is 12.9. The van der Waals surface area contributed by atoms with Crippen molar-refractivity contribution in [2.75, 3.05) is 0 Å². The molecule has 0 radical (unpaired) electrons. The second-order valence-corrected chi connectivity index (χ2v) is 18.8. The molecule has 0 aromatic heterocycles. The van der Waals surface area contributed by atoms with E-state index >= 15 is 0 Å². The maximum atomic E-state index is 12.9. The standard InChI is InChI=1S/C46H74O2/c1-6-9-14-18-33(8-3)41-23-24-42-40-22-21-38-32-39(25-27-45(38,4)43(40)26-28-46(41,42)5)48-44(47)20-16-13-11-12-15-19-35-30-37(35)31-36-29-34(36)17-10-7-2/h3,21,33-37,39-43H,6-7,9-20,22-32H2,1-2,4-5H3. The minimum atomic E-state index is 0.0588. The first-order chi connectivity index (χ1) is 23.3. The van der Waals surface area contributed by atoms with Crippen LogP contribution in [0, 0.1) is 76.4 Å². The van der Waals surface area contributed by atoms with Crippen LogP contribution in [0.4, 0.5) is 0 Å². The number of rotatable bonds is 19. The summed E-state index contributed by atoms with van der Waals surface area (Å²) in [5.74, 6) is 11.3. The highest BCUT2D eigenvalue weighted by Gasteiger charge is 2.59. The van der Waals surface area contributed by atoms with Crippen molar-refractivity contribution in [2.24, 2.45) is 64.1 Å². The van der Waals surface area contributed by atoms with Crippen LogP contribution in [0.15, 0.2) is 11.6 Å². The Morgan fingerprint density at radius 1 is 0.854 bits per heavy atom. The van der Waals surface area contributed by atoms with Crippen LogP contribution in [0.1, 0.15) is 188 Å². The van der Waals surface area contributed by atoms with Crippen molar-refractivity contribution in [3.8, 4) is 12.3 Å². The number of carbonyl (C=O) groups excluding carboxylic acids is 1. The van der Waals surface area contributed by atoms with Gasteiger partial charge in [-0.1, -0.05) is 110 Å². The number of allylic oxidation sites excluding steroid dienone is 1. The molecule has 0 spiro atoms. The monoisotopic (exact) mass is 659 g/mol. The maximum absolute atomic E-state index is 12.9. The van der Waals surface area contributed by atoms with Gasteiger partial charge in [-0.05, 0) is 135 Å². The molecule has 6 aliphatic carbocycles. The van der Waals surface area contributed by atoms with E-state index in [-0.39, 0.29) is 12.1 Å². The van der Waals surface area contributed by atoms with Gasteiger partial charge in [-0.25, -0.2) is 0 Å². The van der Waals surface area contributed by atoms with Crippen molar-refractivity contribution in [3.05, 3.63) is 11.6 Å². The third-order valence-electron chi connectivity index (χ3n) is 15.9. The smallest absolute Gasteiger partial charge is 0.306 e. The number of ether oxygens (including phenoxy) is 1. The van der Waals surface area contributed by atoms with Crippen molar-refractivity contribution >= 4 is 5.97 Å². The summed E-state index contributed by atoms with van der Waals surface area (Å²) in [7, 11) is 0. The summed E-state index contributed by atoms with van der Waals surface area (Å²) in [5.41, 5.74) is 2.35. The van der Waals surface area contributed by atoms with Gasteiger partial charge < -0.3 is 4.74 Å². The SMILES string of the molecule is C#CC(CCCCC)C1CCC2C3CC=C4CC(OC(=O)CCCCCCCC5CC5CC5CC5CCCC)CCC4(C)C3CCC12C. The lowest BCUT2D eigenvalue weighted by atomic mass is 9.47. The topological polar surface area (TPSA) is 26.3 Å². The van der Waals surface area contributed by atoms with Gasteiger partial charge in [-0.15, -0.1) is 12.3 Å². The number of carbonyl (C=O) groups is 1. The molecule has 0 amide bonds. The van der Waals surface area contributed by atoms with Crippen molar-refractivity contribution in [1.29, 1.82) is 0 Å². The summed E-state index contributed by atoms with van der Waals surface area (Å²) in [4.78, 5) is 12.9. The lowest BCUT2D eigenvalue weighted by molar-refractivity contribution is -0.151. The fourth-order valence-electron chi connectivity index (χ4n) is 12.7. The van der Waals surface area contributed by atoms with E-state index in [0.29, 0.717) is 29.1 Å². The Hall–Kier alpha value is -1.23. The molecule has 48 heavy (non-hydrogen) atoms. The average Bonchev–Trinajstić information content (AvgIpc) is 3.98. The highest BCUT2D eigenvalue weighted by molar-refractivity contribution is 5.69. The second-order valence-electron chi connectivity index (χ2n) is 18.8. The number of terminal acetylenes is 1. The molecule has 2 nitrogen and oxygen atoms in total. The van der Waals surface area contributed by atoms with Gasteiger partial charge in [0.1, 0.15) is 6.10 Å². The van der Waals surface area contributed by atoms with Gasteiger partial charge in [-0.3, -0.25) is 4.79 Å². The largest absolute Gasteiger partial charge is 0.462 e. The lowest BCUT2D eigenvalue weighted by Gasteiger charge is -2.58. The third kappa shape index (κ3) is 8.28. The highest BCUT2D eigenvalue weighted by Crippen LogP contribution is 2.67. The van der Waals surface area contributed by atoms with Gasteiger partial charge >= 0.3 is 5.97 Å². The van der Waals surface area contributed by atoms with E-state index in [4.69, 9.17) is 11.2 Å². The summed E-state index contributed by atoms with van der Waals surface area (Å²) < 4.78 is 6.15. The molecule has 6 rings (SSSR count). The average molecular weight is 659 g/mol. The molecule has 0 aromatic carbocycles. The minimum Gasteiger partial charge on any atom is -0.462 e. The molecule has 0 saturated heterocycles. The molecule has 0 bridgehead atoms. The zero-order valence-electron chi connectivity index (χ0n) is 31.9. The molecule has 0 N–H and O–H groups in total. The number of hydrogen-bond acceptors (Lipinski definition) is 2. The summed E-state index contributed by atoms with van der Waals surface area (Å²) >= 11 is 0. The molecule has 0 aliphatic heterocycles. The Morgan fingerprint density at radius 3 is 2.33 bits per heavy atom. The third-order valence-corrected chi connectivity index (χ3v) is 15.9. The normalized spacial score (nSPS) is 40.1. The van der Waals surface area contributed by atoms with Gasteiger partial charge in [0.25, 0.3) is 0 Å². The van der Waals surface area contributed by atoms with Gasteiger partial charge in [-0.2, -0.15) is 0 Å². The van der Waals surface area contributed by atoms with Crippen LogP contribution < -0.4 is 0 Å². The van der Waals surface area contributed by atoms with Crippen LogP contribution in [0.5, 0.6) is 0 Å². The summed E-state index contributed by atoms with van der Waals surface area (Å²) in [6.45, 7) is 9.84. The van der Waals surface area contributed by atoms with Crippen LogP contribution in [0.25, 0.3) is 0 Å². The Labute approximate surface area is 297 Å². The van der Waals surface area contributed by atoms with Crippen molar-refractivity contribution in [2.45, 2.75) is 194 Å². The zero-order chi connectivity index (χ0) is 33.7. The van der Waals surface area contributed by atoms with Crippen LogP contribution in [-0.2, 0) is 9.53 Å². The molecule has 5 fully saturated rings. The van der Waals surface area contributed by atoms with Crippen molar-refractivity contribution in [1.82, 2.24) is 0 Å². The molecular formula is C46H74O2. The van der Waals surface area contributed by atoms with Gasteiger partial charge in [0.2, 0.25) is 0 Å². The molecule has 0 heterocycles. The van der Waals surface area contributed by atoms with Gasteiger partial charge in [0, 0.05) is 18.8 Å². The molecular weight excluding hydrogens is 585 g/mol. The van der Waals surface area contributed by atoms with Crippen LogP contribution >= 0.6 is 0 Å². The van der Waals surface area contributed by atoms with Crippen LogP contribution in [0.2, 0.25) is 0 Å². The quantitative estimate of drug-likeness (QED) is 0.0597. The predicted molar refractivity (Wildman–Crippen MR) is 201 cm³/mol. The Balaban J connectivity index is 0.871. The molecule has 6 aliphatic rings. The van der Waals surface area contributed by atoms with Crippen LogP contribution in [-0.4, -0.2) is 12.1 Å². The van der Waals surface area contributed by atoms with E-state index < -0.39 is 0 Å². The molecule has 270 valence electrons. The summed E-state index contributed by atoms with van der Waals surface area (Å²) in [5, 5.41) is 0. The Bertz CT molecular complexity index is 1130. The highest BCUT2D eigenvalue weighted by atomic mass is 16.5. The first-order valence-corrected chi connectivity index (χ1v) is 21.7. The van der Waals surface area contributed by atoms with E-state index in [0.717, 1.165) is 60.7 Å². The fourth-order valence-corrected chi connectivity index (χ4v) is 12.7. The summed E-state index contributed by atoms with van der Waals surface area (Å²) in [6, 6.07) is 0. The molecule has 5 saturated carbocycles. The van der Waals surface area contributed by atoms with E-state index in [1.54, 1.807) is 18.4 Å². The lowest BCUT2D eigenvalue weighted by Crippen LogP contribution is -2.51. The van der Waals surface area contributed by atoms with Crippen molar-refractivity contribution < 1.29 is 9.53 Å². The van der Waals surface area contributed by atoms with Gasteiger partial charge in [0.05, 0.1) is 0 Å². The van der Waals surface area contributed by atoms with E-state index in [1.807, 2.05) is 0 Å². The Morgan fingerprint density at radius 2 is 1.58 bits per heavy atom.